The number of nitrogens with zero attached hydrogens (tertiary/aromatic N) is 1. The Morgan fingerprint density at radius 3 is 3.00 bits per heavy atom. The van der Waals surface area contributed by atoms with Crippen molar-refractivity contribution in [1.29, 1.82) is 0 Å². The van der Waals surface area contributed by atoms with E-state index in [1.807, 2.05) is 24.4 Å². The highest BCUT2D eigenvalue weighted by Gasteiger charge is 2.20. The highest BCUT2D eigenvalue weighted by molar-refractivity contribution is 6.31. The highest BCUT2D eigenvalue weighted by Crippen LogP contribution is 2.32. The first-order valence-electron chi connectivity index (χ1n) is 7.03. The molecule has 1 fully saturated rings. The first-order valence-corrected chi connectivity index (χ1v) is 7.41. The van der Waals surface area contributed by atoms with Gasteiger partial charge in [0.05, 0.1) is 11.2 Å². The van der Waals surface area contributed by atoms with Gasteiger partial charge in [-0.2, -0.15) is 0 Å². The number of hydrogen-bond acceptors (Lipinski definition) is 2. The minimum atomic E-state index is 0.467. The minimum absolute atomic E-state index is 0.467. The second-order valence-electron chi connectivity index (χ2n) is 5.61. The minimum Gasteiger partial charge on any atom is -0.381 e. The van der Waals surface area contributed by atoms with E-state index in [1.54, 1.807) is 0 Å². The Bertz CT molecular complexity index is 578. The molecule has 1 aliphatic rings. The molecule has 0 radical (unpaired) electrons. The van der Waals surface area contributed by atoms with Gasteiger partial charge in [-0.05, 0) is 37.5 Å². The number of fused-ring (bicyclic) bond motifs is 1. The zero-order valence-electron chi connectivity index (χ0n) is 11.2. The summed E-state index contributed by atoms with van der Waals surface area (Å²) in [6.07, 6.45) is 7.25. The summed E-state index contributed by atoms with van der Waals surface area (Å²) < 4.78 is 0. The van der Waals surface area contributed by atoms with Gasteiger partial charge < -0.3 is 5.32 Å². The van der Waals surface area contributed by atoms with Gasteiger partial charge in [-0.3, -0.25) is 4.98 Å². The second-order valence-corrected chi connectivity index (χ2v) is 6.04. The number of anilines is 1. The molecule has 3 rings (SSSR count). The first kappa shape index (κ1) is 12.7. The Morgan fingerprint density at radius 2 is 2.26 bits per heavy atom. The molecule has 19 heavy (non-hydrogen) atoms. The van der Waals surface area contributed by atoms with Gasteiger partial charge in [0.2, 0.25) is 0 Å². The van der Waals surface area contributed by atoms with Gasteiger partial charge in [-0.15, -0.1) is 0 Å². The third-order valence-electron chi connectivity index (χ3n) is 3.98. The molecular formula is C16H19ClN2. The van der Waals surface area contributed by atoms with Crippen molar-refractivity contribution in [1.82, 2.24) is 4.98 Å². The molecule has 1 aromatic heterocycles. The monoisotopic (exact) mass is 274 g/mol. The molecule has 100 valence electrons. The predicted octanol–water partition coefficient (Wildman–Crippen LogP) is 4.88. The largest absolute Gasteiger partial charge is 0.381 e. The lowest BCUT2D eigenvalue weighted by Crippen LogP contribution is -2.23. The van der Waals surface area contributed by atoms with E-state index in [2.05, 4.69) is 23.3 Å². The van der Waals surface area contributed by atoms with Crippen LogP contribution < -0.4 is 5.32 Å². The van der Waals surface area contributed by atoms with Crippen molar-refractivity contribution in [3.63, 3.8) is 0 Å². The molecule has 0 saturated heterocycles. The van der Waals surface area contributed by atoms with Gasteiger partial charge in [0.15, 0.2) is 0 Å². The van der Waals surface area contributed by atoms with Crippen LogP contribution in [-0.4, -0.2) is 11.0 Å². The summed E-state index contributed by atoms with van der Waals surface area (Å²) in [4.78, 5) is 4.47. The standard InChI is InChI=1S/C16H19ClN2/c1-11(8-12-4-2-5-12)19-15-10-14(17)9-13-6-3-7-18-16(13)15/h3,6-7,9-12,19H,2,4-5,8H2,1H3. The molecule has 0 spiro atoms. The summed E-state index contributed by atoms with van der Waals surface area (Å²) in [5.74, 6) is 0.904. The average Bonchev–Trinajstić information content (AvgIpc) is 2.34. The van der Waals surface area contributed by atoms with Crippen LogP contribution in [0, 0.1) is 5.92 Å². The van der Waals surface area contributed by atoms with Crippen LogP contribution in [0.15, 0.2) is 30.5 Å². The molecule has 3 heteroatoms. The molecule has 0 amide bonds. The van der Waals surface area contributed by atoms with E-state index < -0.39 is 0 Å². The van der Waals surface area contributed by atoms with E-state index in [9.17, 15) is 0 Å². The number of aromatic nitrogens is 1. The average molecular weight is 275 g/mol. The lowest BCUT2D eigenvalue weighted by atomic mass is 9.81. The summed E-state index contributed by atoms with van der Waals surface area (Å²) in [6.45, 7) is 2.24. The van der Waals surface area contributed by atoms with Crippen LogP contribution in [0.5, 0.6) is 0 Å². The van der Waals surface area contributed by atoms with Crippen molar-refractivity contribution in [2.75, 3.05) is 5.32 Å². The number of hydrogen-bond donors (Lipinski definition) is 1. The quantitative estimate of drug-likeness (QED) is 0.860. The Morgan fingerprint density at radius 1 is 1.42 bits per heavy atom. The molecule has 1 aliphatic carbocycles. The van der Waals surface area contributed by atoms with Crippen LogP contribution in [0.3, 0.4) is 0 Å². The topological polar surface area (TPSA) is 24.9 Å². The molecular weight excluding hydrogens is 256 g/mol. The zero-order valence-corrected chi connectivity index (χ0v) is 12.0. The molecule has 2 nitrogen and oxygen atoms in total. The van der Waals surface area contributed by atoms with Crippen molar-refractivity contribution in [3.05, 3.63) is 35.5 Å². The number of benzene rings is 1. The van der Waals surface area contributed by atoms with E-state index in [0.717, 1.165) is 27.5 Å². The van der Waals surface area contributed by atoms with Crippen LogP contribution >= 0.6 is 11.6 Å². The van der Waals surface area contributed by atoms with Crippen LogP contribution in [0.2, 0.25) is 5.02 Å². The summed E-state index contributed by atoms with van der Waals surface area (Å²) in [7, 11) is 0. The van der Waals surface area contributed by atoms with Crippen LogP contribution in [0.25, 0.3) is 10.9 Å². The Labute approximate surface area is 119 Å². The van der Waals surface area contributed by atoms with Crippen molar-refractivity contribution in [2.45, 2.75) is 38.6 Å². The third-order valence-corrected chi connectivity index (χ3v) is 4.20. The van der Waals surface area contributed by atoms with Gasteiger partial charge in [-0.1, -0.05) is 36.9 Å². The number of nitrogens with one attached hydrogen (secondary N) is 1. The molecule has 1 heterocycles. The van der Waals surface area contributed by atoms with Crippen LogP contribution in [-0.2, 0) is 0 Å². The van der Waals surface area contributed by atoms with E-state index in [-0.39, 0.29) is 0 Å². The molecule has 1 aromatic carbocycles. The van der Waals surface area contributed by atoms with Crippen LogP contribution in [0.4, 0.5) is 5.69 Å². The fourth-order valence-electron chi connectivity index (χ4n) is 2.82. The second kappa shape index (κ2) is 5.38. The zero-order chi connectivity index (χ0) is 13.2. The summed E-state index contributed by atoms with van der Waals surface area (Å²) in [5, 5.41) is 5.43. The van der Waals surface area contributed by atoms with Gasteiger partial charge >= 0.3 is 0 Å². The summed E-state index contributed by atoms with van der Waals surface area (Å²) >= 11 is 6.18. The summed E-state index contributed by atoms with van der Waals surface area (Å²) in [5.41, 5.74) is 2.06. The number of pyridine rings is 1. The van der Waals surface area contributed by atoms with E-state index >= 15 is 0 Å². The van der Waals surface area contributed by atoms with Gasteiger partial charge in [-0.25, -0.2) is 0 Å². The first-order chi connectivity index (χ1) is 9.22. The maximum absolute atomic E-state index is 6.18. The molecule has 0 aliphatic heterocycles. The van der Waals surface area contributed by atoms with Crippen molar-refractivity contribution in [2.24, 2.45) is 5.92 Å². The maximum atomic E-state index is 6.18. The Balaban J connectivity index is 1.82. The smallest absolute Gasteiger partial charge is 0.0934 e. The lowest BCUT2D eigenvalue weighted by Gasteiger charge is -2.29. The highest BCUT2D eigenvalue weighted by atomic mass is 35.5. The predicted molar refractivity (Wildman–Crippen MR) is 81.8 cm³/mol. The van der Waals surface area contributed by atoms with Crippen molar-refractivity contribution >= 4 is 28.2 Å². The van der Waals surface area contributed by atoms with Crippen LogP contribution in [0.1, 0.15) is 32.6 Å². The van der Waals surface area contributed by atoms with Crippen molar-refractivity contribution < 1.29 is 0 Å². The SMILES string of the molecule is CC(CC1CCC1)Nc1cc(Cl)cc2cccnc12. The molecule has 1 N–H and O–H groups in total. The van der Waals surface area contributed by atoms with Gasteiger partial charge in [0.25, 0.3) is 0 Å². The van der Waals surface area contributed by atoms with E-state index in [1.165, 1.54) is 25.7 Å². The third kappa shape index (κ3) is 2.84. The Kier molecular flexibility index (Phi) is 3.61. The Hall–Kier alpha value is -1.28. The molecule has 1 atom stereocenters. The number of halogens is 1. The van der Waals surface area contributed by atoms with Crippen molar-refractivity contribution in [3.8, 4) is 0 Å². The molecule has 2 aromatic rings. The lowest BCUT2D eigenvalue weighted by molar-refractivity contribution is 0.286. The molecule has 0 bridgehead atoms. The normalized spacial score (nSPS) is 17.2. The fourth-order valence-corrected chi connectivity index (χ4v) is 3.05. The summed E-state index contributed by atoms with van der Waals surface area (Å²) in [6, 6.07) is 8.41. The molecule has 1 unspecified atom stereocenters. The number of rotatable bonds is 4. The van der Waals surface area contributed by atoms with Gasteiger partial charge in [0, 0.05) is 22.6 Å². The maximum Gasteiger partial charge on any atom is 0.0934 e. The van der Waals surface area contributed by atoms with E-state index in [4.69, 9.17) is 11.6 Å². The van der Waals surface area contributed by atoms with E-state index in [0.29, 0.717) is 6.04 Å². The van der Waals surface area contributed by atoms with Gasteiger partial charge in [0.1, 0.15) is 0 Å². The molecule has 1 saturated carbocycles. The fraction of sp³-hybridized carbons (Fsp3) is 0.438.